The molecule has 0 fully saturated rings. The third kappa shape index (κ3) is 3.08. The van der Waals surface area contributed by atoms with Crippen molar-refractivity contribution in [2.24, 2.45) is 0 Å². The topological polar surface area (TPSA) is 29.5 Å². The minimum absolute atomic E-state index is 0.233. The van der Waals surface area contributed by atoms with Gasteiger partial charge in [-0.25, -0.2) is 0 Å². The molecule has 3 heteroatoms. The Balaban J connectivity index is 1.98. The number of halogens is 1. The van der Waals surface area contributed by atoms with Crippen LogP contribution < -0.4 is 4.94 Å². The van der Waals surface area contributed by atoms with Gasteiger partial charge in [-0.2, -0.15) is 0 Å². The lowest BCUT2D eigenvalue weighted by atomic mass is 9.88. The fourth-order valence-electron chi connectivity index (χ4n) is 3.70. The molecule has 0 amide bonds. The van der Waals surface area contributed by atoms with Crippen molar-refractivity contribution < 1.29 is 14.6 Å². The maximum absolute atomic E-state index is 12.7. The highest BCUT2D eigenvalue weighted by atomic mass is 19.3. The van der Waals surface area contributed by atoms with Gasteiger partial charge < -0.3 is 5.11 Å². The molecule has 0 spiro atoms. The molecule has 0 radical (unpaired) electrons. The second kappa shape index (κ2) is 7.04. The summed E-state index contributed by atoms with van der Waals surface area (Å²) in [6, 6.07) is 23.0. The number of benzene rings is 3. The quantitative estimate of drug-likeness (QED) is 0.635. The molecule has 2 nitrogen and oxygen atoms in total. The number of phenolic OH excluding ortho intramolecular Hbond substituents is 1. The molecule has 130 valence electrons. The molecule has 1 aliphatic carbocycles. The number of allylic oxidation sites excluding steroid dienone is 1. The molecule has 1 aliphatic rings. The van der Waals surface area contributed by atoms with E-state index in [9.17, 15) is 9.63 Å². The first-order valence-electron chi connectivity index (χ1n) is 8.76. The highest BCUT2D eigenvalue weighted by Crippen LogP contribution is 2.41. The van der Waals surface area contributed by atoms with Crippen LogP contribution in [0.4, 0.5) is 4.53 Å². The van der Waals surface area contributed by atoms with E-state index in [2.05, 4.69) is 17.1 Å². The van der Waals surface area contributed by atoms with Gasteiger partial charge in [0.25, 0.3) is 0 Å². The van der Waals surface area contributed by atoms with Gasteiger partial charge in [0.2, 0.25) is 0 Å². The highest BCUT2D eigenvalue weighted by Gasteiger charge is 2.20. The van der Waals surface area contributed by atoms with Crippen LogP contribution in [-0.4, -0.2) is 5.11 Å². The standard InChI is InChI=1S/C23H19FO2/c24-26-20-13-14-22-18(15-20)7-4-8-21(16-5-2-1-3-6-16)23(22)17-9-11-19(25)12-10-17/h1-3,5-6,9-15,25H,4,7-8H2. The van der Waals surface area contributed by atoms with Crippen LogP contribution in [0.3, 0.4) is 0 Å². The Labute approximate surface area is 152 Å². The van der Waals surface area contributed by atoms with Crippen molar-refractivity contribution in [2.45, 2.75) is 19.3 Å². The predicted octanol–water partition coefficient (Wildman–Crippen LogP) is 5.95. The fraction of sp³-hybridized carbons (Fsp3) is 0.130. The molecule has 0 aromatic heterocycles. The van der Waals surface area contributed by atoms with Gasteiger partial charge in [0.15, 0.2) is 5.75 Å². The molecule has 4 rings (SSSR count). The first kappa shape index (κ1) is 16.4. The predicted molar refractivity (Wildman–Crippen MR) is 102 cm³/mol. The lowest BCUT2D eigenvalue weighted by molar-refractivity contribution is -0.00629. The molecular formula is C23H19FO2. The van der Waals surface area contributed by atoms with Crippen molar-refractivity contribution in [1.29, 1.82) is 0 Å². The molecule has 0 bridgehead atoms. The number of aryl methyl sites for hydroxylation is 1. The van der Waals surface area contributed by atoms with Gasteiger partial charge in [-0.15, -0.1) is 0 Å². The molecule has 1 N–H and O–H groups in total. The largest absolute Gasteiger partial charge is 0.508 e. The molecule has 3 aromatic carbocycles. The van der Waals surface area contributed by atoms with Gasteiger partial charge in [0.05, 0.1) is 0 Å². The van der Waals surface area contributed by atoms with Crippen LogP contribution in [0.5, 0.6) is 11.5 Å². The van der Waals surface area contributed by atoms with Crippen molar-refractivity contribution >= 4 is 11.1 Å². The smallest absolute Gasteiger partial charge is 0.172 e. The van der Waals surface area contributed by atoms with Gasteiger partial charge in [-0.3, -0.25) is 4.94 Å². The summed E-state index contributed by atoms with van der Waals surface area (Å²) in [5.74, 6) is 0.475. The Hall–Kier alpha value is -3.07. The Morgan fingerprint density at radius 2 is 1.58 bits per heavy atom. The average molecular weight is 346 g/mol. The normalized spacial score (nSPS) is 13.9. The van der Waals surface area contributed by atoms with Crippen LogP contribution in [0, 0.1) is 0 Å². The van der Waals surface area contributed by atoms with E-state index in [-0.39, 0.29) is 11.5 Å². The molecule has 0 aliphatic heterocycles. The molecule has 0 heterocycles. The van der Waals surface area contributed by atoms with Gasteiger partial charge in [0, 0.05) is 4.53 Å². The fourth-order valence-corrected chi connectivity index (χ4v) is 3.70. The van der Waals surface area contributed by atoms with E-state index in [0.717, 1.165) is 41.5 Å². The summed E-state index contributed by atoms with van der Waals surface area (Å²) >= 11 is 0. The monoisotopic (exact) mass is 346 g/mol. The van der Waals surface area contributed by atoms with Crippen LogP contribution in [0.2, 0.25) is 0 Å². The van der Waals surface area contributed by atoms with Crippen molar-refractivity contribution in [2.75, 3.05) is 0 Å². The summed E-state index contributed by atoms with van der Waals surface area (Å²) in [5, 5.41) is 9.68. The Kier molecular flexibility index (Phi) is 4.44. The van der Waals surface area contributed by atoms with Crippen LogP contribution in [-0.2, 0) is 6.42 Å². The van der Waals surface area contributed by atoms with Crippen molar-refractivity contribution in [3.63, 3.8) is 0 Å². The van der Waals surface area contributed by atoms with E-state index >= 15 is 0 Å². The van der Waals surface area contributed by atoms with E-state index in [1.165, 1.54) is 11.1 Å². The zero-order valence-corrected chi connectivity index (χ0v) is 14.3. The average Bonchev–Trinajstić information content (AvgIpc) is 2.88. The number of rotatable bonds is 3. The summed E-state index contributed by atoms with van der Waals surface area (Å²) in [5.41, 5.74) is 6.80. The van der Waals surface area contributed by atoms with E-state index in [0.29, 0.717) is 0 Å². The van der Waals surface area contributed by atoms with Gasteiger partial charge in [-0.05, 0) is 76.9 Å². The molecule has 0 saturated carbocycles. The Bertz CT molecular complexity index is 944. The minimum atomic E-state index is 0.233. The van der Waals surface area contributed by atoms with Crippen molar-refractivity contribution in [1.82, 2.24) is 0 Å². The van der Waals surface area contributed by atoms with Crippen molar-refractivity contribution in [3.05, 3.63) is 95.1 Å². The number of aromatic hydroxyl groups is 1. The summed E-state index contributed by atoms with van der Waals surface area (Å²) < 4.78 is 12.7. The molecule has 0 saturated heterocycles. The number of phenols is 1. The number of hydrogen-bond acceptors (Lipinski definition) is 2. The second-order valence-electron chi connectivity index (χ2n) is 6.52. The van der Waals surface area contributed by atoms with Gasteiger partial charge in [0.1, 0.15) is 5.75 Å². The summed E-state index contributed by atoms with van der Waals surface area (Å²) in [6.45, 7) is 0. The Morgan fingerprint density at radius 1 is 0.808 bits per heavy atom. The minimum Gasteiger partial charge on any atom is -0.508 e. The number of fused-ring (bicyclic) bond motifs is 1. The second-order valence-corrected chi connectivity index (χ2v) is 6.52. The van der Waals surface area contributed by atoms with E-state index in [1.807, 2.05) is 36.4 Å². The van der Waals surface area contributed by atoms with Crippen molar-refractivity contribution in [3.8, 4) is 11.5 Å². The van der Waals surface area contributed by atoms with Crippen LogP contribution in [0.15, 0.2) is 72.8 Å². The van der Waals surface area contributed by atoms with Crippen LogP contribution >= 0.6 is 0 Å². The zero-order valence-electron chi connectivity index (χ0n) is 14.3. The Morgan fingerprint density at radius 3 is 2.31 bits per heavy atom. The van der Waals surface area contributed by atoms with E-state index < -0.39 is 0 Å². The molecular weight excluding hydrogens is 327 g/mol. The first-order chi connectivity index (χ1) is 12.8. The third-order valence-corrected chi connectivity index (χ3v) is 4.89. The first-order valence-corrected chi connectivity index (χ1v) is 8.76. The summed E-state index contributed by atoms with van der Waals surface area (Å²) in [6.07, 6.45) is 2.78. The molecule has 3 aromatic rings. The molecule has 26 heavy (non-hydrogen) atoms. The molecule has 0 atom stereocenters. The van der Waals surface area contributed by atoms with Gasteiger partial charge in [-0.1, -0.05) is 48.5 Å². The summed E-state index contributed by atoms with van der Waals surface area (Å²) in [4.78, 5) is 3.94. The molecule has 0 unspecified atom stereocenters. The maximum atomic E-state index is 12.7. The summed E-state index contributed by atoms with van der Waals surface area (Å²) in [7, 11) is 0. The van der Waals surface area contributed by atoms with Gasteiger partial charge >= 0.3 is 0 Å². The lowest BCUT2D eigenvalue weighted by Crippen LogP contribution is -1.96. The maximum Gasteiger partial charge on any atom is 0.172 e. The third-order valence-electron chi connectivity index (χ3n) is 4.89. The van der Waals surface area contributed by atoms with E-state index in [4.69, 9.17) is 0 Å². The van der Waals surface area contributed by atoms with E-state index in [1.54, 1.807) is 24.3 Å². The number of hydrogen-bond donors (Lipinski definition) is 1. The highest BCUT2D eigenvalue weighted by molar-refractivity contribution is 6.00. The SMILES string of the molecule is Oc1ccc(C2=C(c3ccccc3)CCCc3cc(OF)ccc32)cc1. The lowest BCUT2D eigenvalue weighted by Gasteiger charge is -2.17. The van der Waals surface area contributed by atoms with Crippen LogP contribution in [0.25, 0.3) is 11.1 Å². The van der Waals surface area contributed by atoms with Crippen LogP contribution in [0.1, 0.15) is 35.1 Å². The zero-order chi connectivity index (χ0) is 17.9.